The summed E-state index contributed by atoms with van der Waals surface area (Å²) in [6.45, 7) is 16.1. The highest BCUT2D eigenvalue weighted by Gasteiger charge is 2.35. The highest BCUT2D eigenvalue weighted by Crippen LogP contribution is 2.39. The van der Waals surface area contributed by atoms with Gasteiger partial charge in [-0.3, -0.25) is 4.79 Å². The van der Waals surface area contributed by atoms with E-state index in [-0.39, 0.29) is 22.6 Å². The molecule has 2 aliphatic carbocycles. The molecular formula is C29H50ClNO3S. The summed E-state index contributed by atoms with van der Waals surface area (Å²) in [7, 11) is 0.886. The van der Waals surface area contributed by atoms with Crippen LogP contribution in [-0.2, 0) is 20.5 Å². The first-order valence-corrected chi connectivity index (χ1v) is 15.1. The van der Waals surface area contributed by atoms with E-state index in [9.17, 15) is 9.00 Å². The number of nitrogens with zero attached hydrogens (tertiary/aromatic N) is 1. The molecule has 1 fully saturated rings. The standard InChI is InChI=1S/C16H29NO2S.C11H15ClO.C2H6/c1-4-16(5-2)10-12-17(13-11-16)20(18)15-8-6-14(19-3)7-9-15;1-8(13)11(2,3)9-5-4-6-10(12)7-9;1-2/h6,8,14-15H,4-5,7,9-13H2,1-3H3;5,7H,4,6H2,1-3H3;1-2H3. The van der Waals surface area contributed by atoms with E-state index < -0.39 is 11.0 Å². The number of hydrogen-bond acceptors (Lipinski definition) is 3. The van der Waals surface area contributed by atoms with Crippen molar-refractivity contribution in [3.05, 3.63) is 34.9 Å². The van der Waals surface area contributed by atoms with Gasteiger partial charge in [0.1, 0.15) is 16.8 Å². The van der Waals surface area contributed by atoms with Crippen molar-refractivity contribution < 1.29 is 13.7 Å². The third-order valence-corrected chi connectivity index (χ3v) is 10.1. The molecule has 0 saturated carbocycles. The molecule has 0 aromatic rings. The summed E-state index contributed by atoms with van der Waals surface area (Å²) in [6.07, 6.45) is 17.2. The Hall–Kier alpha value is -0.750. The van der Waals surface area contributed by atoms with Gasteiger partial charge < -0.3 is 4.74 Å². The summed E-state index contributed by atoms with van der Waals surface area (Å²) in [4.78, 5) is 11.4. The van der Waals surface area contributed by atoms with Gasteiger partial charge in [-0.25, -0.2) is 8.51 Å². The van der Waals surface area contributed by atoms with Crippen LogP contribution in [0.2, 0.25) is 0 Å². The molecule has 4 nitrogen and oxygen atoms in total. The number of carbonyl (C=O) groups is 1. The SMILES string of the molecule is CC.CC(=O)C(C)(C)C1=CCCC(Cl)=C1.CCC1(CC)CCN(S(=O)C2C=CC(OC)CC2)CC1. The summed E-state index contributed by atoms with van der Waals surface area (Å²) in [5.41, 5.74) is 1.17. The summed E-state index contributed by atoms with van der Waals surface area (Å²) in [5.74, 6) is 0.182. The Morgan fingerprint density at radius 1 is 1.17 bits per heavy atom. The fourth-order valence-electron chi connectivity index (χ4n) is 4.73. The Bertz CT molecular complexity index is 773. The van der Waals surface area contributed by atoms with Crippen molar-refractivity contribution in [2.75, 3.05) is 20.2 Å². The predicted molar refractivity (Wildman–Crippen MR) is 152 cm³/mol. The van der Waals surface area contributed by atoms with E-state index >= 15 is 0 Å². The van der Waals surface area contributed by atoms with Crippen molar-refractivity contribution in [1.82, 2.24) is 4.31 Å². The second-order valence-corrected chi connectivity index (χ2v) is 12.3. The second-order valence-electron chi connectivity index (χ2n) is 10.2. The fourth-order valence-corrected chi connectivity index (χ4v) is 6.44. The Labute approximate surface area is 223 Å². The van der Waals surface area contributed by atoms with Crippen LogP contribution in [0.3, 0.4) is 0 Å². The van der Waals surface area contributed by atoms with Crippen LogP contribution in [0, 0.1) is 10.8 Å². The second kappa shape index (κ2) is 15.5. The molecule has 0 bridgehead atoms. The molecule has 0 aromatic carbocycles. The van der Waals surface area contributed by atoms with Crippen LogP contribution in [0.5, 0.6) is 0 Å². The van der Waals surface area contributed by atoms with Gasteiger partial charge in [0.25, 0.3) is 0 Å². The van der Waals surface area contributed by atoms with Gasteiger partial charge in [-0.15, -0.1) is 0 Å². The first kappa shape index (κ1) is 32.3. The lowest BCUT2D eigenvalue weighted by Gasteiger charge is -2.41. The third-order valence-electron chi connectivity index (χ3n) is 8.04. The smallest absolute Gasteiger partial charge is 0.139 e. The molecule has 202 valence electrons. The highest BCUT2D eigenvalue weighted by molar-refractivity contribution is 7.83. The van der Waals surface area contributed by atoms with Crippen molar-refractivity contribution >= 4 is 28.4 Å². The average Bonchev–Trinajstić information content (AvgIpc) is 2.90. The quantitative estimate of drug-likeness (QED) is 0.318. The molecule has 0 amide bonds. The molecule has 0 N–H and O–H groups in total. The Morgan fingerprint density at radius 2 is 1.77 bits per heavy atom. The minimum absolute atomic E-state index is 0.182. The zero-order valence-corrected chi connectivity index (χ0v) is 25.1. The summed E-state index contributed by atoms with van der Waals surface area (Å²) in [6, 6.07) is 0. The van der Waals surface area contributed by atoms with Gasteiger partial charge in [0.15, 0.2) is 0 Å². The van der Waals surface area contributed by atoms with Crippen molar-refractivity contribution in [2.45, 2.75) is 111 Å². The van der Waals surface area contributed by atoms with Crippen molar-refractivity contribution in [1.29, 1.82) is 0 Å². The van der Waals surface area contributed by atoms with E-state index in [4.69, 9.17) is 16.3 Å². The number of methoxy groups -OCH3 is 1. The number of rotatable bonds is 7. The Morgan fingerprint density at radius 3 is 2.20 bits per heavy atom. The molecule has 3 aliphatic rings. The zero-order valence-electron chi connectivity index (χ0n) is 23.5. The van der Waals surface area contributed by atoms with Gasteiger partial charge in [-0.1, -0.05) is 70.4 Å². The van der Waals surface area contributed by atoms with E-state index in [1.807, 2.05) is 33.8 Å². The topological polar surface area (TPSA) is 46.6 Å². The minimum atomic E-state index is -0.856. The number of allylic oxidation sites excluding steroid dienone is 4. The molecule has 3 unspecified atom stereocenters. The first-order chi connectivity index (χ1) is 16.6. The lowest BCUT2D eigenvalue weighted by molar-refractivity contribution is -0.123. The van der Waals surface area contributed by atoms with E-state index in [2.05, 4.69) is 36.4 Å². The summed E-state index contributed by atoms with van der Waals surface area (Å²) >= 11 is 5.93. The maximum atomic E-state index is 12.7. The van der Waals surface area contributed by atoms with Crippen LogP contribution in [0.25, 0.3) is 0 Å². The predicted octanol–water partition coefficient (Wildman–Crippen LogP) is 7.76. The molecule has 3 rings (SSSR count). The van der Waals surface area contributed by atoms with Gasteiger partial charge in [-0.2, -0.15) is 0 Å². The molecule has 1 saturated heterocycles. The number of ketones is 1. The van der Waals surface area contributed by atoms with Crippen LogP contribution in [-0.4, -0.2) is 45.9 Å². The average molecular weight is 528 g/mol. The molecule has 6 heteroatoms. The van der Waals surface area contributed by atoms with Crippen LogP contribution in [0.1, 0.15) is 99.8 Å². The van der Waals surface area contributed by atoms with Gasteiger partial charge in [0.2, 0.25) is 0 Å². The molecule has 1 aliphatic heterocycles. The molecule has 0 spiro atoms. The van der Waals surface area contributed by atoms with E-state index in [0.29, 0.717) is 5.41 Å². The number of piperidine rings is 1. The number of Topliss-reactive ketones (excluding diaryl/α,β-unsaturated/α-hetero) is 1. The maximum absolute atomic E-state index is 12.7. The lowest BCUT2D eigenvalue weighted by atomic mass is 9.75. The van der Waals surface area contributed by atoms with Crippen molar-refractivity contribution in [3.63, 3.8) is 0 Å². The first-order valence-electron chi connectivity index (χ1n) is 13.5. The maximum Gasteiger partial charge on any atom is 0.139 e. The van der Waals surface area contributed by atoms with Crippen LogP contribution in [0.4, 0.5) is 0 Å². The third kappa shape index (κ3) is 9.25. The summed E-state index contributed by atoms with van der Waals surface area (Å²) < 4.78 is 20.2. The molecule has 3 atom stereocenters. The molecule has 1 heterocycles. The van der Waals surface area contributed by atoms with Gasteiger partial charge in [-0.05, 0) is 76.4 Å². The highest BCUT2D eigenvalue weighted by atomic mass is 35.5. The van der Waals surface area contributed by atoms with E-state index in [1.165, 1.54) is 25.7 Å². The molecule has 0 aromatic heterocycles. The largest absolute Gasteiger partial charge is 0.377 e. The van der Waals surface area contributed by atoms with Gasteiger partial charge >= 0.3 is 0 Å². The number of hydrogen-bond donors (Lipinski definition) is 0. The minimum Gasteiger partial charge on any atom is -0.377 e. The van der Waals surface area contributed by atoms with Crippen molar-refractivity contribution in [3.8, 4) is 0 Å². The fraction of sp³-hybridized carbons (Fsp3) is 0.759. The van der Waals surface area contributed by atoms with Gasteiger partial charge in [0, 0.05) is 30.6 Å². The van der Waals surface area contributed by atoms with E-state index in [1.54, 1.807) is 14.0 Å². The normalized spacial score (nSPS) is 25.2. The van der Waals surface area contributed by atoms with Gasteiger partial charge in [0.05, 0.1) is 11.4 Å². The molecular weight excluding hydrogens is 478 g/mol. The zero-order chi connectivity index (χ0) is 26.6. The number of halogens is 1. The monoisotopic (exact) mass is 527 g/mol. The van der Waals surface area contributed by atoms with E-state index in [0.717, 1.165) is 49.4 Å². The van der Waals surface area contributed by atoms with Crippen LogP contribution < -0.4 is 0 Å². The molecule has 0 radical (unpaired) electrons. The number of ether oxygens (including phenoxy) is 1. The number of carbonyl (C=O) groups excluding carboxylic acids is 1. The molecule has 35 heavy (non-hydrogen) atoms. The summed E-state index contributed by atoms with van der Waals surface area (Å²) in [5, 5.41) is 1.05. The lowest BCUT2D eigenvalue weighted by Crippen LogP contribution is -2.43. The van der Waals surface area contributed by atoms with Crippen LogP contribution >= 0.6 is 11.6 Å². The Kier molecular flexibility index (Phi) is 14.3. The Balaban J connectivity index is 0.000000354. The van der Waals surface area contributed by atoms with Crippen molar-refractivity contribution in [2.24, 2.45) is 10.8 Å². The van der Waals surface area contributed by atoms with Crippen LogP contribution in [0.15, 0.2) is 34.9 Å².